The number of carbonyl (C=O) groups excluding carboxylic acids is 3. The van der Waals surface area contributed by atoms with Gasteiger partial charge in [0.1, 0.15) is 11.9 Å². The SMILES string of the molecule is COC(=O)CC[C@H](C(=O)OC)N(Cc1ccccc1)C(=O)CCl. The van der Waals surface area contributed by atoms with Crippen molar-refractivity contribution in [3.05, 3.63) is 35.9 Å². The number of carbonyl (C=O) groups is 3. The van der Waals surface area contributed by atoms with Gasteiger partial charge in [0.15, 0.2) is 0 Å². The Kier molecular flexibility index (Phi) is 8.11. The van der Waals surface area contributed by atoms with Gasteiger partial charge in [-0.2, -0.15) is 0 Å². The highest BCUT2D eigenvalue weighted by Crippen LogP contribution is 2.15. The number of rotatable bonds is 8. The average Bonchev–Trinajstić information content (AvgIpc) is 2.60. The number of esters is 2. The van der Waals surface area contributed by atoms with Gasteiger partial charge in [0, 0.05) is 13.0 Å². The highest BCUT2D eigenvalue weighted by Gasteiger charge is 2.30. The first kappa shape index (κ1) is 19.0. The Morgan fingerprint density at radius 1 is 1.13 bits per heavy atom. The van der Waals surface area contributed by atoms with Gasteiger partial charge in [0.2, 0.25) is 5.91 Å². The van der Waals surface area contributed by atoms with Crippen molar-refractivity contribution in [3.63, 3.8) is 0 Å². The molecule has 0 fully saturated rings. The zero-order valence-corrected chi connectivity index (χ0v) is 13.9. The van der Waals surface area contributed by atoms with Gasteiger partial charge in [-0.3, -0.25) is 9.59 Å². The minimum atomic E-state index is -0.898. The molecular formula is C16H20ClNO5. The third-order valence-corrected chi connectivity index (χ3v) is 3.56. The Labute approximate surface area is 140 Å². The van der Waals surface area contributed by atoms with Crippen molar-refractivity contribution in [2.45, 2.75) is 25.4 Å². The van der Waals surface area contributed by atoms with Crippen molar-refractivity contribution in [3.8, 4) is 0 Å². The van der Waals surface area contributed by atoms with E-state index in [0.29, 0.717) is 0 Å². The van der Waals surface area contributed by atoms with Crippen LogP contribution in [0.15, 0.2) is 30.3 Å². The smallest absolute Gasteiger partial charge is 0.328 e. The lowest BCUT2D eigenvalue weighted by Crippen LogP contribution is -2.46. The Bertz CT molecular complexity index is 535. The quantitative estimate of drug-likeness (QED) is 0.532. The standard InChI is InChI=1S/C16H20ClNO5/c1-22-15(20)9-8-13(16(21)23-2)18(14(19)10-17)11-12-6-4-3-5-7-12/h3-7,13H,8-11H2,1-2H3/t13-/m1/s1. The van der Waals surface area contributed by atoms with Crippen molar-refractivity contribution in [1.82, 2.24) is 4.90 Å². The van der Waals surface area contributed by atoms with Gasteiger partial charge >= 0.3 is 11.9 Å². The van der Waals surface area contributed by atoms with Crippen molar-refractivity contribution >= 4 is 29.4 Å². The van der Waals surface area contributed by atoms with E-state index in [1.165, 1.54) is 19.1 Å². The third kappa shape index (κ3) is 5.90. The molecule has 0 unspecified atom stereocenters. The van der Waals surface area contributed by atoms with Gasteiger partial charge in [-0.05, 0) is 12.0 Å². The Morgan fingerprint density at radius 2 is 1.78 bits per heavy atom. The summed E-state index contributed by atoms with van der Waals surface area (Å²) >= 11 is 5.66. The van der Waals surface area contributed by atoms with E-state index in [4.69, 9.17) is 16.3 Å². The fourth-order valence-electron chi connectivity index (χ4n) is 2.12. The summed E-state index contributed by atoms with van der Waals surface area (Å²) in [5.74, 6) is -1.73. The minimum absolute atomic E-state index is 0.00286. The summed E-state index contributed by atoms with van der Waals surface area (Å²) in [5, 5.41) is 0. The van der Waals surface area contributed by atoms with Crippen LogP contribution in [0.3, 0.4) is 0 Å². The molecule has 0 aromatic heterocycles. The number of nitrogens with zero attached hydrogens (tertiary/aromatic N) is 1. The zero-order valence-electron chi connectivity index (χ0n) is 13.2. The molecule has 0 saturated heterocycles. The van der Waals surface area contributed by atoms with Gasteiger partial charge in [-0.25, -0.2) is 4.79 Å². The monoisotopic (exact) mass is 341 g/mol. The Balaban J connectivity index is 2.98. The van der Waals surface area contributed by atoms with E-state index in [0.717, 1.165) is 5.56 Å². The van der Waals surface area contributed by atoms with E-state index < -0.39 is 23.9 Å². The molecule has 0 aliphatic carbocycles. The number of amides is 1. The van der Waals surface area contributed by atoms with E-state index in [1.807, 2.05) is 30.3 Å². The predicted molar refractivity (Wildman–Crippen MR) is 84.8 cm³/mol. The number of ether oxygens (including phenoxy) is 2. The second kappa shape index (κ2) is 9.84. The summed E-state index contributed by atoms with van der Waals surface area (Å²) in [7, 11) is 2.50. The van der Waals surface area contributed by atoms with E-state index in [-0.39, 0.29) is 25.3 Å². The van der Waals surface area contributed by atoms with E-state index in [9.17, 15) is 14.4 Å². The highest BCUT2D eigenvalue weighted by atomic mass is 35.5. The lowest BCUT2D eigenvalue weighted by Gasteiger charge is -2.29. The first-order chi connectivity index (χ1) is 11.0. The average molecular weight is 342 g/mol. The van der Waals surface area contributed by atoms with Crippen LogP contribution < -0.4 is 0 Å². The van der Waals surface area contributed by atoms with Crippen molar-refractivity contribution < 1.29 is 23.9 Å². The molecule has 0 radical (unpaired) electrons. The maximum atomic E-state index is 12.2. The van der Waals surface area contributed by atoms with Crippen LogP contribution >= 0.6 is 11.6 Å². The first-order valence-electron chi connectivity index (χ1n) is 7.07. The van der Waals surface area contributed by atoms with Crippen LogP contribution in [0.5, 0.6) is 0 Å². The van der Waals surface area contributed by atoms with Gasteiger partial charge in [-0.1, -0.05) is 30.3 Å². The molecule has 1 rings (SSSR count). The zero-order chi connectivity index (χ0) is 17.2. The number of methoxy groups -OCH3 is 2. The lowest BCUT2D eigenvalue weighted by atomic mass is 10.1. The molecule has 0 heterocycles. The minimum Gasteiger partial charge on any atom is -0.469 e. The first-order valence-corrected chi connectivity index (χ1v) is 7.61. The lowest BCUT2D eigenvalue weighted by molar-refractivity contribution is -0.153. The van der Waals surface area contributed by atoms with Crippen LogP contribution in [0.2, 0.25) is 0 Å². The fraction of sp³-hybridized carbons (Fsp3) is 0.438. The second-order valence-corrected chi connectivity index (χ2v) is 5.06. The van der Waals surface area contributed by atoms with Crippen LogP contribution in [0.1, 0.15) is 18.4 Å². The third-order valence-electron chi connectivity index (χ3n) is 3.33. The molecule has 0 N–H and O–H groups in total. The molecule has 0 bridgehead atoms. The molecule has 0 aliphatic heterocycles. The largest absolute Gasteiger partial charge is 0.469 e. The maximum Gasteiger partial charge on any atom is 0.328 e. The molecule has 1 aromatic carbocycles. The van der Waals surface area contributed by atoms with Gasteiger partial charge < -0.3 is 14.4 Å². The molecule has 1 amide bonds. The van der Waals surface area contributed by atoms with Crippen LogP contribution in [0, 0.1) is 0 Å². The van der Waals surface area contributed by atoms with Crippen LogP contribution in [-0.2, 0) is 30.4 Å². The number of hydrogen-bond acceptors (Lipinski definition) is 5. The predicted octanol–water partition coefficient (Wildman–Crippen LogP) is 1.75. The Morgan fingerprint density at radius 3 is 2.30 bits per heavy atom. The number of benzene rings is 1. The number of alkyl halides is 1. The maximum absolute atomic E-state index is 12.2. The molecule has 0 spiro atoms. The molecule has 1 aromatic rings. The summed E-state index contributed by atoms with van der Waals surface area (Å²) < 4.78 is 9.34. The van der Waals surface area contributed by atoms with Crippen molar-refractivity contribution in [2.75, 3.05) is 20.1 Å². The molecule has 0 aliphatic rings. The second-order valence-electron chi connectivity index (χ2n) is 4.79. The molecule has 0 saturated carbocycles. The van der Waals surface area contributed by atoms with Crippen molar-refractivity contribution in [1.29, 1.82) is 0 Å². The number of halogens is 1. The van der Waals surface area contributed by atoms with E-state index >= 15 is 0 Å². The summed E-state index contributed by atoms with van der Waals surface area (Å²) in [6.45, 7) is 0.202. The summed E-state index contributed by atoms with van der Waals surface area (Å²) in [6, 6.07) is 8.30. The highest BCUT2D eigenvalue weighted by molar-refractivity contribution is 6.27. The summed E-state index contributed by atoms with van der Waals surface area (Å²) in [6.07, 6.45) is 0.103. The molecule has 6 nitrogen and oxygen atoms in total. The topological polar surface area (TPSA) is 72.9 Å². The van der Waals surface area contributed by atoms with Gasteiger partial charge in [0.05, 0.1) is 14.2 Å². The molecule has 23 heavy (non-hydrogen) atoms. The van der Waals surface area contributed by atoms with Gasteiger partial charge in [0.25, 0.3) is 0 Å². The van der Waals surface area contributed by atoms with E-state index in [1.54, 1.807) is 0 Å². The number of hydrogen-bond donors (Lipinski definition) is 0. The van der Waals surface area contributed by atoms with Crippen molar-refractivity contribution in [2.24, 2.45) is 0 Å². The van der Waals surface area contributed by atoms with Gasteiger partial charge in [-0.15, -0.1) is 11.6 Å². The normalized spacial score (nSPS) is 11.4. The van der Waals surface area contributed by atoms with Crippen LogP contribution in [0.25, 0.3) is 0 Å². The summed E-state index contributed by atoms with van der Waals surface area (Å²) in [4.78, 5) is 36.9. The molecule has 126 valence electrons. The Hall–Kier alpha value is -2.08. The fourth-order valence-corrected chi connectivity index (χ4v) is 2.28. The molecule has 7 heteroatoms. The van der Waals surface area contributed by atoms with E-state index in [2.05, 4.69) is 4.74 Å². The van der Waals surface area contributed by atoms with Crippen LogP contribution in [-0.4, -0.2) is 48.9 Å². The molecular weight excluding hydrogens is 322 g/mol. The molecule has 1 atom stereocenters. The van der Waals surface area contributed by atoms with Crippen LogP contribution in [0.4, 0.5) is 0 Å². The summed E-state index contributed by atoms with van der Waals surface area (Å²) in [5.41, 5.74) is 0.845.